The Hall–Kier alpha value is -2.13. The van der Waals surface area contributed by atoms with Crippen molar-refractivity contribution in [2.75, 3.05) is 7.11 Å². The SMILES string of the molecule is C=CCn1c(S[C@H](C)C(=O)NC(=O)OC)nc2sc3c(c2c1=O)CCC3. The van der Waals surface area contributed by atoms with Gasteiger partial charge in [0, 0.05) is 11.4 Å². The zero-order chi connectivity index (χ0) is 18.8. The Balaban J connectivity index is 1.98. The van der Waals surface area contributed by atoms with Crippen LogP contribution >= 0.6 is 23.1 Å². The van der Waals surface area contributed by atoms with Gasteiger partial charge in [-0.25, -0.2) is 9.78 Å². The first-order valence-corrected chi connectivity index (χ1v) is 9.87. The van der Waals surface area contributed by atoms with Gasteiger partial charge in [-0.1, -0.05) is 17.8 Å². The van der Waals surface area contributed by atoms with Crippen LogP contribution in [0.3, 0.4) is 0 Å². The van der Waals surface area contributed by atoms with Gasteiger partial charge < -0.3 is 4.74 Å². The first-order valence-electron chi connectivity index (χ1n) is 8.17. The van der Waals surface area contributed by atoms with Crippen molar-refractivity contribution < 1.29 is 14.3 Å². The van der Waals surface area contributed by atoms with Crippen molar-refractivity contribution in [3.8, 4) is 0 Å². The molecule has 2 aromatic rings. The Kier molecular flexibility index (Phi) is 5.47. The molecule has 138 valence electrons. The van der Waals surface area contributed by atoms with Gasteiger partial charge in [-0.15, -0.1) is 17.9 Å². The highest BCUT2D eigenvalue weighted by molar-refractivity contribution is 8.00. The summed E-state index contributed by atoms with van der Waals surface area (Å²) >= 11 is 2.68. The van der Waals surface area contributed by atoms with Crippen molar-refractivity contribution in [2.45, 2.75) is 43.1 Å². The number of imide groups is 1. The summed E-state index contributed by atoms with van der Waals surface area (Å²) in [6, 6.07) is 0. The number of methoxy groups -OCH3 is 1. The molecule has 1 aliphatic rings. The van der Waals surface area contributed by atoms with E-state index in [2.05, 4.69) is 21.6 Å². The van der Waals surface area contributed by atoms with Crippen LogP contribution < -0.4 is 10.9 Å². The minimum atomic E-state index is -0.816. The highest BCUT2D eigenvalue weighted by Gasteiger charge is 2.25. The number of ether oxygens (including phenoxy) is 1. The van der Waals surface area contributed by atoms with Crippen molar-refractivity contribution in [1.82, 2.24) is 14.9 Å². The number of nitrogens with zero attached hydrogens (tertiary/aromatic N) is 2. The second-order valence-electron chi connectivity index (χ2n) is 5.88. The monoisotopic (exact) mass is 393 g/mol. The number of fused-ring (bicyclic) bond motifs is 3. The van der Waals surface area contributed by atoms with Crippen LogP contribution in [0.1, 0.15) is 23.8 Å². The van der Waals surface area contributed by atoms with E-state index in [-0.39, 0.29) is 5.56 Å². The number of aromatic nitrogens is 2. The van der Waals surface area contributed by atoms with Crippen molar-refractivity contribution in [3.05, 3.63) is 33.4 Å². The number of thiophene rings is 1. The third kappa shape index (κ3) is 3.41. The first kappa shape index (κ1) is 18.7. The molecule has 3 rings (SSSR count). The maximum atomic E-state index is 13.0. The summed E-state index contributed by atoms with van der Waals surface area (Å²) in [6.45, 7) is 5.66. The topological polar surface area (TPSA) is 90.3 Å². The molecular formula is C17H19N3O4S2. The van der Waals surface area contributed by atoms with Crippen molar-refractivity contribution in [3.63, 3.8) is 0 Å². The Labute approximate surface area is 158 Å². The number of nitrogens with one attached hydrogen (secondary N) is 1. The summed E-state index contributed by atoms with van der Waals surface area (Å²) in [6.07, 6.45) is 3.77. The van der Waals surface area contributed by atoms with Crippen molar-refractivity contribution in [2.24, 2.45) is 0 Å². The van der Waals surface area contributed by atoms with E-state index in [9.17, 15) is 14.4 Å². The Morgan fingerprint density at radius 3 is 2.96 bits per heavy atom. The van der Waals surface area contributed by atoms with Gasteiger partial charge in [-0.05, 0) is 31.7 Å². The average Bonchev–Trinajstić information content (AvgIpc) is 3.18. The molecular weight excluding hydrogens is 374 g/mol. The van der Waals surface area contributed by atoms with E-state index in [1.54, 1.807) is 24.3 Å². The number of carbonyl (C=O) groups is 2. The fourth-order valence-corrected chi connectivity index (χ4v) is 5.12. The summed E-state index contributed by atoms with van der Waals surface area (Å²) in [4.78, 5) is 42.9. The molecule has 2 heterocycles. The average molecular weight is 393 g/mol. The second-order valence-corrected chi connectivity index (χ2v) is 8.27. The molecule has 1 N–H and O–H groups in total. The van der Waals surface area contributed by atoms with E-state index in [1.165, 1.54) is 16.6 Å². The molecule has 0 fully saturated rings. The van der Waals surface area contributed by atoms with Crippen LogP contribution in [-0.2, 0) is 28.9 Å². The maximum absolute atomic E-state index is 13.0. The number of alkyl carbamates (subject to hydrolysis) is 1. The Bertz CT molecular complexity index is 948. The van der Waals surface area contributed by atoms with E-state index in [1.807, 2.05) is 0 Å². The van der Waals surface area contributed by atoms with Crippen LogP contribution in [0.15, 0.2) is 22.6 Å². The Morgan fingerprint density at radius 2 is 2.27 bits per heavy atom. The first-order chi connectivity index (χ1) is 12.5. The van der Waals surface area contributed by atoms with Gasteiger partial charge in [0.2, 0.25) is 5.91 Å². The quantitative estimate of drug-likeness (QED) is 0.477. The van der Waals surface area contributed by atoms with Gasteiger partial charge in [0.15, 0.2) is 5.16 Å². The maximum Gasteiger partial charge on any atom is 0.413 e. The van der Waals surface area contributed by atoms with Crippen LogP contribution in [0.5, 0.6) is 0 Å². The summed E-state index contributed by atoms with van der Waals surface area (Å²) in [5, 5.41) is 2.64. The highest BCUT2D eigenvalue weighted by Crippen LogP contribution is 2.36. The van der Waals surface area contributed by atoms with Crippen molar-refractivity contribution >= 4 is 45.3 Å². The molecule has 0 aromatic carbocycles. The van der Waals surface area contributed by atoms with Crippen LogP contribution in [-0.4, -0.2) is 33.9 Å². The number of amides is 2. The third-order valence-corrected chi connectivity index (χ3v) is 6.44. The van der Waals surface area contributed by atoms with E-state index < -0.39 is 17.3 Å². The Morgan fingerprint density at radius 1 is 1.50 bits per heavy atom. The number of hydrogen-bond donors (Lipinski definition) is 1. The predicted molar refractivity (Wildman–Crippen MR) is 102 cm³/mol. The molecule has 0 saturated carbocycles. The smallest absolute Gasteiger partial charge is 0.413 e. The highest BCUT2D eigenvalue weighted by atomic mass is 32.2. The van der Waals surface area contributed by atoms with Gasteiger partial charge in [-0.2, -0.15) is 0 Å². The van der Waals surface area contributed by atoms with Gasteiger partial charge in [0.05, 0.1) is 17.7 Å². The molecule has 0 spiro atoms. The van der Waals surface area contributed by atoms with Gasteiger partial charge in [-0.3, -0.25) is 19.5 Å². The zero-order valence-corrected chi connectivity index (χ0v) is 16.2. The number of allylic oxidation sites excluding steroid dienone is 1. The fraction of sp³-hybridized carbons (Fsp3) is 0.412. The van der Waals surface area contributed by atoms with Crippen LogP contribution in [0.2, 0.25) is 0 Å². The predicted octanol–water partition coefficient (Wildman–Crippen LogP) is 2.50. The van der Waals surface area contributed by atoms with E-state index >= 15 is 0 Å². The molecule has 2 aromatic heterocycles. The standard InChI is InChI=1S/C17H19N3O4S2/c1-4-8-20-15(22)12-10-6-5-7-11(10)26-14(12)19-16(20)25-9(2)13(21)18-17(23)24-3/h4,9H,1,5-8H2,2-3H3,(H,18,21,23)/t9-/m1/s1. The normalized spacial score (nSPS) is 14.1. The largest absolute Gasteiger partial charge is 0.453 e. The lowest BCUT2D eigenvalue weighted by Crippen LogP contribution is -2.36. The minimum absolute atomic E-state index is 0.0997. The van der Waals surface area contributed by atoms with Gasteiger partial charge >= 0.3 is 6.09 Å². The second kappa shape index (κ2) is 7.63. The molecule has 9 heteroatoms. The molecule has 0 radical (unpaired) electrons. The van der Waals surface area contributed by atoms with Gasteiger partial charge in [0.1, 0.15) is 4.83 Å². The summed E-state index contributed by atoms with van der Waals surface area (Å²) in [5.74, 6) is -0.505. The molecule has 1 aliphatic carbocycles. The lowest BCUT2D eigenvalue weighted by Gasteiger charge is -2.14. The summed E-state index contributed by atoms with van der Waals surface area (Å²) < 4.78 is 5.97. The number of aryl methyl sites for hydroxylation is 2. The number of hydrogen-bond acceptors (Lipinski definition) is 7. The van der Waals surface area contributed by atoms with Crippen molar-refractivity contribution in [1.29, 1.82) is 0 Å². The molecule has 0 unspecified atom stereocenters. The van der Waals surface area contributed by atoms with Crippen LogP contribution in [0.4, 0.5) is 4.79 Å². The summed E-state index contributed by atoms with van der Waals surface area (Å²) in [5.41, 5.74) is 1.02. The lowest BCUT2D eigenvalue weighted by molar-refractivity contribution is -0.119. The zero-order valence-electron chi connectivity index (χ0n) is 14.5. The summed E-state index contributed by atoms with van der Waals surface area (Å²) in [7, 11) is 1.19. The molecule has 1 atom stereocenters. The van der Waals surface area contributed by atoms with Gasteiger partial charge in [0.25, 0.3) is 5.56 Å². The third-order valence-electron chi connectivity index (χ3n) is 4.16. The molecule has 26 heavy (non-hydrogen) atoms. The lowest BCUT2D eigenvalue weighted by atomic mass is 10.2. The number of rotatable bonds is 5. The van der Waals surface area contributed by atoms with E-state index in [4.69, 9.17) is 0 Å². The van der Waals surface area contributed by atoms with Crippen LogP contribution in [0, 0.1) is 0 Å². The minimum Gasteiger partial charge on any atom is -0.453 e. The number of thioether (sulfide) groups is 1. The molecule has 0 bridgehead atoms. The van der Waals surface area contributed by atoms with E-state index in [0.29, 0.717) is 21.9 Å². The van der Waals surface area contributed by atoms with E-state index in [0.717, 1.165) is 36.6 Å². The van der Waals surface area contributed by atoms with Crippen LogP contribution in [0.25, 0.3) is 10.2 Å². The fourth-order valence-electron chi connectivity index (χ4n) is 2.90. The molecule has 0 aliphatic heterocycles. The number of carbonyl (C=O) groups excluding carboxylic acids is 2. The molecule has 7 nitrogen and oxygen atoms in total. The molecule has 2 amide bonds. The molecule has 0 saturated heterocycles.